The Balaban J connectivity index is 3.01. The molecule has 0 saturated heterocycles. The summed E-state index contributed by atoms with van der Waals surface area (Å²) in [6.45, 7) is 7.22. The Labute approximate surface area is 107 Å². The number of aliphatic carboxylic acids is 1. The van der Waals surface area contributed by atoms with Crippen LogP contribution in [0.1, 0.15) is 21.5 Å². The lowest BCUT2D eigenvalue weighted by Gasteiger charge is -2.20. The first-order valence-corrected chi connectivity index (χ1v) is 5.65. The van der Waals surface area contributed by atoms with E-state index in [9.17, 15) is 9.59 Å². The van der Waals surface area contributed by atoms with Crippen molar-refractivity contribution in [3.63, 3.8) is 0 Å². The number of carbonyl (C=O) groups is 2. The van der Waals surface area contributed by atoms with Gasteiger partial charge in [0.2, 0.25) is 0 Å². The SMILES string of the molecule is C=CCN(CC(=O)O)C(=O)c1ccc(C)cc1C. The predicted octanol–water partition coefficient (Wildman–Crippen LogP) is 2.02. The van der Waals surface area contributed by atoms with E-state index in [0.29, 0.717) is 5.56 Å². The highest BCUT2D eigenvalue weighted by Gasteiger charge is 2.18. The molecular weight excluding hydrogens is 230 g/mol. The molecule has 0 fully saturated rings. The lowest BCUT2D eigenvalue weighted by atomic mass is 10.0. The van der Waals surface area contributed by atoms with Gasteiger partial charge >= 0.3 is 5.97 Å². The van der Waals surface area contributed by atoms with Crippen LogP contribution in [-0.2, 0) is 4.79 Å². The first kappa shape index (κ1) is 14.0. The van der Waals surface area contributed by atoms with E-state index in [1.54, 1.807) is 6.07 Å². The number of rotatable bonds is 5. The molecular formula is C14H17NO3. The van der Waals surface area contributed by atoms with Crippen molar-refractivity contribution in [2.24, 2.45) is 0 Å². The van der Waals surface area contributed by atoms with E-state index in [1.807, 2.05) is 26.0 Å². The molecule has 0 bridgehead atoms. The lowest BCUT2D eigenvalue weighted by molar-refractivity contribution is -0.137. The number of hydrogen-bond donors (Lipinski definition) is 1. The Morgan fingerprint density at radius 1 is 1.39 bits per heavy atom. The van der Waals surface area contributed by atoms with Crippen LogP contribution >= 0.6 is 0 Å². The van der Waals surface area contributed by atoms with E-state index < -0.39 is 5.97 Å². The Kier molecular flexibility index (Phi) is 4.66. The summed E-state index contributed by atoms with van der Waals surface area (Å²) in [5.74, 6) is -1.32. The molecule has 4 heteroatoms. The van der Waals surface area contributed by atoms with Crippen molar-refractivity contribution < 1.29 is 14.7 Å². The van der Waals surface area contributed by atoms with E-state index >= 15 is 0 Å². The van der Waals surface area contributed by atoms with Crippen LogP contribution in [0.2, 0.25) is 0 Å². The van der Waals surface area contributed by atoms with Gasteiger partial charge in [0, 0.05) is 12.1 Å². The summed E-state index contributed by atoms with van der Waals surface area (Å²) in [6, 6.07) is 5.47. The number of nitrogens with zero attached hydrogens (tertiary/aromatic N) is 1. The molecule has 0 aliphatic rings. The summed E-state index contributed by atoms with van der Waals surface area (Å²) in [5.41, 5.74) is 2.45. The summed E-state index contributed by atoms with van der Waals surface area (Å²) < 4.78 is 0. The lowest BCUT2D eigenvalue weighted by Crippen LogP contribution is -2.36. The second-order valence-electron chi connectivity index (χ2n) is 4.19. The van der Waals surface area contributed by atoms with Gasteiger partial charge in [-0.3, -0.25) is 9.59 Å². The van der Waals surface area contributed by atoms with E-state index in [4.69, 9.17) is 5.11 Å². The summed E-state index contributed by atoms with van der Waals surface area (Å²) in [6.07, 6.45) is 1.52. The largest absolute Gasteiger partial charge is 0.480 e. The topological polar surface area (TPSA) is 57.6 Å². The maximum atomic E-state index is 12.2. The Bertz CT molecular complexity index is 480. The van der Waals surface area contributed by atoms with Gasteiger partial charge in [-0.15, -0.1) is 6.58 Å². The number of carboxylic acids is 1. The molecule has 0 unspecified atom stereocenters. The number of aryl methyl sites for hydroxylation is 2. The predicted molar refractivity (Wildman–Crippen MR) is 69.7 cm³/mol. The van der Waals surface area contributed by atoms with Gasteiger partial charge in [0.1, 0.15) is 6.54 Å². The quantitative estimate of drug-likeness (QED) is 0.810. The highest BCUT2D eigenvalue weighted by Crippen LogP contribution is 2.13. The van der Waals surface area contributed by atoms with Crippen LogP contribution in [-0.4, -0.2) is 35.0 Å². The van der Waals surface area contributed by atoms with Crippen LogP contribution in [0.4, 0.5) is 0 Å². The van der Waals surface area contributed by atoms with Crippen LogP contribution in [0, 0.1) is 13.8 Å². The number of hydrogen-bond acceptors (Lipinski definition) is 2. The molecule has 0 radical (unpaired) electrons. The highest BCUT2D eigenvalue weighted by atomic mass is 16.4. The molecule has 1 aromatic carbocycles. The molecule has 1 aromatic rings. The number of benzene rings is 1. The van der Waals surface area contributed by atoms with Gasteiger partial charge in [0.15, 0.2) is 0 Å². The van der Waals surface area contributed by atoms with Crippen molar-refractivity contribution in [2.45, 2.75) is 13.8 Å². The van der Waals surface area contributed by atoms with Crippen molar-refractivity contribution in [1.29, 1.82) is 0 Å². The highest BCUT2D eigenvalue weighted by molar-refractivity contribution is 5.97. The fourth-order valence-corrected chi connectivity index (χ4v) is 1.76. The summed E-state index contributed by atoms with van der Waals surface area (Å²) in [5, 5.41) is 8.79. The maximum absolute atomic E-state index is 12.2. The van der Waals surface area contributed by atoms with Crippen molar-refractivity contribution in [3.05, 3.63) is 47.5 Å². The average Bonchev–Trinajstić information content (AvgIpc) is 2.27. The zero-order valence-electron chi connectivity index (χ0n) is 10.6. The van der Waals surface area contributed by atoms with Gasteiger partial charge in [0.25, 0.3) is 5.91 Å². The third-order valence-corrected chi connectivity index (χ3v) is 2.58. The van der Waals surface area contributed by atoms with Gasteiger partial charge in [0.05, 0.1) is 0 Å². The van der Waals surface area contributed by atoms with Crippen molar-refractivity contribution in [2.75, 3.05) is 13.1 Å². The van der Waals surface area contributed by atoms with Crippen LogP contribution in [0.5, 0.6) is 0 Å². The van der Waals surface area contributed by atoms with Crippen LogP contribution in [0.25, 0.3) is 0 Å². The Hall–Kier alpha value is -2.10. The molecule has 0 heterocycles. The van der Waals surface area contributed by atoms with Gasteiger partial charge in [-0.2, -0.15) is 0 Å². The first-order valence-electron chi connectivity index (χ1n) is 5.65. The molecule has 0 aliphatic heterocycles. The van der Waals surface area contributed by atoms with E-state index in [0.717, 1.165) is 11.1 Å². The van der Waals surface area contributed by atoms with E-state index in [-0.39, 0.29) is 19.0 Å². The molecule has 0 aromatic heterocycles. The average molecular weight is 247 g/mol. The molecule has 0 saturated carbocycles. The van der Waals surface area contributed by atoms with Crippen LogP contribution in [0.15, 0.2) is 30.9 Å². The first-order chi connectivity index (χ1) is 8.45. The number of carbonyl (C=O) groups excluding carboxylic acids is 1. The molecule has 4 nitrogen and oxygen atoms in total. The minimum absolute atomic E-state index is 0.221. The maximum Gasteiger partial charge on any atom is 0.323 e. The van der Waals surface area contributed by atoms with Gasteiger partial charge in [-0.05, 0) is 25.5 Å². The van der Waals surface area contributed by atoms with Crippen molar-refractivity contribution in [3.8, 4) is 0 Å². The molecule has 1 rings (SSSR count). The van der Waals surface area contributed by atoms with E-state index in [1.165, 1.54) is 11.0 Å². The smallest absolute Gasteiger partial charge is 0.323 e. The van der Waals surface area contributed by atoms with Gasteiger partial charge in [-0.25, -0.2) is 0 Å². The molecule has 1 N–H and O–H groups in total. The van der Waals surface area contributed by atoms with Crippen molar-refractivity contribution >= 4 is 11.9 Å². The van der Waals surface area contributed by atoms with Gasteiger partial charge in [-0.1, -0.05) is 23.8 Å². The fraction of sp³-hybridized carbons (Fsp3) is 0.286. The second-order valence-corrected chi connectivity index (χ2v) is 4.19. The molecule has 96 valence electrons. The summed E-state index contributed by atoms with van der Waals surface area (Å²) in [7, 11) is 0. The van der Waals surface area contributed by atoms with Crippen molar-refractivity contribution in [1.82, 2.24) is 4.90 Å². The number of carboxylic acid groups (broad SMARTS) is 1. The normalized spacial score (nSPS) is 9.89. The van der Waals surface area contributed by atoms with Gasteiger partial charge < -0.3 is 10.0 Å². The van der Waals surface area contributed by atoms with E-state index in [2.05, 4.69) is 6.58 Å². The number of amides is 1. The standard InChI is InChI=1S/C14H17NO3/c1-4-7-15(9-13(16)17)14(18)12-6-5-10(2)8-11(12)3/h4-6,8H,1,7,9H2,2-3H3,(H,16,17). The fourth-order valence-electron chi connectivity index (χ4n) is 1.76. The molecule has 18 heavy (non-hydrogen) atoms. The third kappa shape index (κ3) is 3.45. The summed E-state index contributed by atoms with van der Waals surface area (Å²) >= 11 is 0. The Morgan fingerprint density at radius 2 is 2.06 bits per heavy atom. The molecule has 0 atom stereocenters. The molecule has 0 aliphatic carbocycles. The Morgan fingerprint density at radius 3 is 2.56 bits per heavy atom. The minimum Gasteiger partial charge on any atom is -0.480 e. The summed E-state index contributed by atoms with van der Waals surface area (Å²) in [4.78, 5) is 24.2. The third-order valence-electron chi connectivity index (χ3n) is 2.58. The molecule has 0 spiro atoms. The minimum atomic E-state index is -1.03. The monoisotopic (exact) mass is 247 g/mol. The van der Waals surface area contributed by atoms with Crippen LogP contribution < -0.4 is 0 Å². The zero-order chi connectivity index (χ0) is 13.7. The second kappa shape index (κ2) is 6.00. The van der Waals surface area contributed by atoms with Crippen LogP contribution in [0.3, 0.4) is 0 Å². The zero-order valence-corrected chi connectivity index (χ0v) is 10.6. The molecule has 1 amide bonds.